The Morgan fingerprint density at radius 1 is 1.40 bits per heavy atom. The van der Waals surface area contributed by atoms with Crippen LogP contribution in [0.25, 0.3) is 0 Å². The topological polar surface area (TPSA) is 55.9 Å². The molecule has 1 atom stereocenters. The number of nitrogens with one attached hydrogen (secondary N) is 1. The van der Waals surface area contributed by atoms with Crippen LogP contribution in [-0.2, 0) is 13.0 Å². The predicted octanol–water partition coefficient (Wildman–Crippen LogP) is 2.24. The van der Waals surface area contributed by atoms with Gasteiger partial charge in [0.15, 0.2) is 0 Å². The Kier molecular flexibility index (Phi) is 4.46. The van der Waals surface area contributed by atoms with Gasteiger partial charge in [0.05, 0.1) is 12.2 Å². The Balaban J connectivity index is 2.31. The maximum atomic E-state index is 14.1. The molecule has 20 heavy (non-hydrogen) atoms. The molecule has 0 saturated heterocycles. The summed E-state index contributed by atoms with van der Waals surface area (Å²) in [5, 5.41) is 4.14. The van der Waals surface area contributed by atoms with Crippen LogP contribution in [-0.4, -0.2) is 9.78 Å². The molecule has 0 saturated carbocycles. The van der Waals surface area contributed by atoms with Crippen LogP contribution in [0.5, 0.6) is 0 Å². The summed E-state index contributed by atoms with van der Waals surface area (Å²) in [6.07, 6.45) is 3.89. The molecule has 6 heteroatoms. The van der Waals surface area contributed by atoms with E-state index in [-0.39, 0.29) is 5.56 Å². The minimum absolute atomic E-state index is 0.0308. The largest absolute Gasteiger partial charge is 0.273 e. The van der Waals surface area contributed by atoms with Gasteiger partial charge in [0.2, 0.25) is 0 Å². The molecule has 0 bridgehead atoms. The number of aromatic nitrogens is 2. The summed E-state index contributed by atoms with van der Waals surface area (Å²) < 4.78 is 29.8. The molecule has 0 amide bonds. The monoisotopic (exact) mass is 280 g/mol. The van der Waals surface area contributed by atoms with Crippen LogP contribution in [0.3, 0.4) is 0 Å². The van der Waals surface area contributed by atoms with Crippen molar-refractivity contribution in [2.45, 2.75) is 32.9 Å². The van der Waals surface area contributed by atoms with E-state index in [9.17, 15) is 8.78 Å². The molecule has 0 spiro atoms. The zero-order valence-electron chi connectivity index (χ0n) is 11.5. The number of benzene rings is 1. The van der Waals surface area contributed by atoms with Crippen molar-refractivity contribution in [1.29, 1.82) is 0 Å². The molecule has 0 aliphatic rings. The van der Waals surface area contributed by atoms with E-state index < -0.39 is 17.7 Å². The molecule has 3 N–H and O–H groups in total. The Hall–Kier alpha value is -1.79. The first-order valence-electron chi connectivity index (χ1n) is 6.48. The van der Waals surface area contributed by atoms with Crippen molar-refractivity contribution in [1.82, 2.24) is 15.2 Å². The van der Waals surface area contributed by atoms with E-state index in [4.69, 9.17) is 5.84 Å². The van der Waals surface area contributed by atoms with Gasteiger partial charge in [0, 0.05) is 18.3 Å². The molecule has 1 aromatic carbocycles. The van der Waals surface area contributed by atoms with E-state index in [2.05, 4.69) is 10.5 Å². The smallest absolute Gasteiger partial charge is 0.133 e. The highest BCUT2D eigenvalue weighted by Gasteiger charge is 2.21. The van der Waals surface area contributed by atoms with E-state index in [1.807, 2.05) is 13.1 Å². The van der Waals surface area contributed by atoms with Crippen LogP contribution >= 0.6 is 0 Å². The summed E-state index contributed by atoms with van der Waals surface area (Å²) >= 11 is 0. The number of aryl methyl sites for hydroxylation is 2. The molecule has 2 rings (SSSR count). The lowest BCUT2D eigenvalue weighted by atomic mass is 9.98. The van der Waals surface area contributed by atoms with Crippen molar-refractivity contribution in [3.63, 3.8) is 0 Å². The number of rotatable bonds is 5. The third-order valence-corrected chi connectivity index (χ3v) is 3.32. The molecular weight excluding hydrogens is 262 g/mol. The lowest BCUT2D eigenvalue weighted by Gasteiger charge is -2.18. The molecule has 0 fully saturated rings. The third-order valence-electron chi connectivity index (χ3n) is 3.32. The Bertz CT molecular complexity index is 595. The fraction of sp³-hybridized carbons (Fsp3) is 0.357. The molecular formula is C14H18F2N4. The van der Waals surface area contributed by atoms with E-state index >= 15 is 0 Å². The number of nitrogens with two attached hydrogens (primary N) is 1. The number of nitrogens with zero attached hydrogens (tertiary/aromatic N) is 2. The molecule has 1 heterocycles. The summed E-state index contributed by atoms with van der Waals surface area (Å²) in [4.78, 5) is 0. The quantitative estimate of drug-likeness (QED) is 0.652. The first-order chi connectivity index (χ1) is 9.56. The summed E-state index contributed by atoms with van der Waals surface area (Å²) in [5.41, 5.74) is 3.72. The highest BCUT2D eigenvalue weighted by atomic mass is 19.1. The van der Waals surface area contributed by atoms with Gasteiger partial charge in [-0.05, 0) is 37.5 Å². The SMILES string of the molecule is CCn1cc(CC(NN)c2c(F)ccc(C)c2F)cn1. The summed E-state index contributed by atoms with van der Waals surface area (Å²) in [6, 6.07) is 2.04. The molecule has 0 aliphatic heterocycles. The van der Waals surface area contributed by atoms with Crippen LogP contribution in [0.2, 0.25) is 0 Å². The lowest BCUT2D eigenvalue weighted by Crippen LogP contribution is -2.31. The van der Waals surface area contributed by atoms with Crippen molar-refractivity contribution >= 4 is 0 Å². The zero-order chi connectivity index (χ0) is 14.7. The van der Waals surface area contributed by atoms with Crippen LogP contribution in [0.15, 0.2) is 24.5 Å². The van der Waals surface area contributed by atoms with E-state index in [1.54, 1.807) is 17.8 Å². The second-order valence-electron chi connectivity index (χ2n) is 4.72. The fourth-order valence-corrected chi connectivity index (χ4v) is 2.16. The molecule has 1 unspecified atom stereocenters. The molecule has 4 nitrogen and oxygen atoms in total. The van der Waals surface area contributed by atoms with Gasteiger partial charge in [-0.2, -0.15) is 5.10 Å². The Morgan fingerprint density at radius 3 is 2.75 bits per heavy atom. The van der Waals surface area contributed by atoms with Crippen molar-refractivity contribution in [2.24, 2.45) is 5.84 Å². The number of hydrogen-bond acceptors (Lipinski definition) is 3. The highest BCUT2D eigenvalue weighted by Crippen LogP contribution is 2.25. The van der Waals surface area contributed by atoms with Gasteiger partial charge in [-0.25, -0.2) is 8.78 Å². The second-order valence-corrected chi connectivity index (χ2v) is 4.72. The van der Waals surface area contributed by atoms with E-state index in [0.717, 1.165) is 12.1 Å². The molecule has 1 aromatic heterocycles. The minimum atomic E-state index is -0.635. The summed E-state index contributed by atoms with van der Waals surface area (Å²) in [6.45, 7) is 4.31. The van der Waals surface area contributed by atoms with Gasteiger partial charge in [0.1, 0.15) is 11.6 Å². The average molecular weight is 280 g/mol. The predicted molar refractivity (Wildman–Crippen MR) is 72.8 cm³/mol. The van der Waals surface area contributed by atoms with Crippen molar-refractivity contribution < 1.29 is 8.78 Å². The van der Waals surface area contributed by atoms with Crippen molar-refractivity contribution in [2.75, 3.05) is 0 Å². The fourth-order valence-electron chi connectivity index (χ4n) is 2.16. The maximum Gasteiger partial charge on any atom is 0.133 e. The number of halogens is 2. The van der Waals surface area contributed by atoms with Gasteiger partial charge < -0.3 is 0 Å². The van der Waals surface area contributed by atoms with Gasteiger partial charge in [-0.1, -0.05) is 6.07 Å². The molecule has 108 valence electrons. The number of hydrogen-bond donors (Lipinski definition) is 2. The normalized spacial score (nSPS) is 12.7. The van der Waals surface area contributed by atoms with Crippen LogP contribution < -0.4 is 11.3 Å². The van der Waals surface area contributed by atoms with E-state index in [1.165, 1.54) is 12.1 Å². The second kappa shape index (κ2) is 6.11. The van der Waals surface area contributed by atoms with Gasteiger partial charge >= 0.3 is 0 Å². The zero-order valence-corrected chi connectivity index (χ0v) is 11.5. The Morgan fingerprint density at radius 2 is 2.15 bits per heavy atom. The third kappa shape index (κ3) is 2.86. The molecule has 2 aromatic rings. The summed E-state index contributed by atoms with van der Waals surface area (Å²) in [7, 11) is 0. The standard InChI is InChI=1S/C14H18F2N4/c1-3-20-8-10(7-18-20)6-12(19-17)13-11(15)5-4-9(2)14(13)16/h4-5,7-8,12,19H,3,6,17H2,1-2H3. The van der Waals surface area contributed by atoms with Crippen LogP contribution in [0, 0.1) is 18.6 Å². The first-order valence-corrected chi connectivity index (χ1v) is 6.48. The average Bonchev–Trinajstić information content (AvgIpc) is 2.90. The molecule has 0 aliphatic carbocycles. The number of hydrazine groups is 1. The first kappa shape index (κ1) is 14.6. The van der Waals surface area contributed by atoms with Gasteiger partial charge in [-0.15, -0.1) is 0 Å². The van der Waals surface area contributed by atoms with Gasteiger partial charge in [0.25, 0.3) is 0 Å². The van der Waals surface area contributed by atoms with Crippen LogP contribution in [0.1, 0.15) is 29.7 Å². The Labute approximate surface area is 116 Å². The van der Waals surface area contributed by atoms with Crippen LogP contribution in [0.4, 0.5) is 8.78 Å². The van der Waals surface area contributed by atoms with Crippen molar-refractivity contribution in [3.8, 4) is 0 Å². The summed E-state index contributed by atoms with van der Waals surface area (Å²) in [5.74, 6) is 4.31. The minimum Gasteiger partial charge on any atom is -0.273 e. The van der Waals surface area contributed by atoms with Crippen molar-refractivity contribution in [3.05, 3.63) is 52.9 Å². The highest BCUT2D eigenvalue weighted by molar-refractivity contribution is 5.30. The lowest BCUT2D eigenvalue weighted by molar-refractivity contribution is 0.470. The molecule has 0 radical (unpaired) electrons. The maximum absolute atomic E-state index is 14.1. The van der Waals surface area contributed by atoms with Gasteiger partial charge in [-0.3, -0.25) is 16.0 Å². The van der Waals surface area contributed by atoms with E-state index in [0.29, 0.717) is 12.0 Å².